The number of hydrogen-bond acceptors (Lipinski definition) is 3. The lowest BCUT2D eigenvalue weighted by atomic mass is 9.72. The van der Waals surface area contributed by atoms with Crippen molar-refractivity contribution in [3.05, 3.63) is 59.8 Å². The normalized spacial score (nSPS) is 16.3. The first-order valence-electron chi connectivity index (χ1n) is 8.56. The number of piperidine rings is 1. The molecule has 25 heavy (non-hydrogen) atoms. The van der Waals surface area contributed by atoms with Crippen LogP contribution in [0.5, 0.6) is 0 Å². The second kappa shape index (κ2) is 7.05. The quantitative estimate of drug-likeness (QED) is 0.937. The minimum atomic E-state index is -0.639. The third kappa shape index (κ3) is 3.55. The molecule has 1 aromatic carbocycles. The first-order valence-corrected chi connectivity index (χ1v) is 8.56. The molecule has 0 atom stereocenters. The van der Waals surface area contributed by atoms with Crippen LogP contribution in [0.1, 0.15) is 30.9 Å². The molecule has 5 heteroatoms. The molecule has 5 nitrogen and oxygen atoms in total. The van der Waals surface area contributed by atoms with Crippen molar-refractivity contribution in [3.8, 4) is 0 Å². The maximum absolute atomic E-state index is 13.2. The summed E-state index contributed by atoms with van der Waals surface area (Å²) in [5, 5.41) is 2.97. The fraction of sp³-hybridized carbons (Fsp3) is 0.350. The average molecular weight is 337 g/mol. The Morgan fingerprint density at radius 3 is 2.32 bits per heavy atom. The van der Waals surface area contributed by atoms with E-state index in [4.69, 9.17) is 0 Å². The van der Waals surface area contributed by atoms with Crippen LogP contribution in [0.3, 0.4) is 0 Å². The maximum Gasteiger partial charge on any atom is 0.236 e. The Kier molecular flexibility index (Phi) is 4.83. The van der Waals surface area contributed by atoms with Crippen LogP contribution in [0, 0.1) is 6.92 Å². The number of likely N-dealkylation sites (tertiary alicyclic amines) is 1. The smallest absolute Gasteiger partial charge is 0.236 e. The summed E-state index contributed by atoms with van der Waals surface area (Å²) in [4.78, 5) is 30.9. The standard InChI is InChI=1S/C20H23N3O2/c1-15-8-9-18(21-14-15)22-19(25)20(17-6-4-3-5-7-17)10-12-23(13-11-20)16(2)24/h3-9,14H,10-13H2,1-2H3,(H,21,22,25). The highest BCUT2D eigenvalue weighted by Crippen LogP contribution is 2.36. The number of nitrogens with zero attached hydrogens (tertiary/aromatic N) is 2. The highest BCUT2D eigenvalue weighted by Gasteiger charge is 2.43. The molecule has 1 fully saturated rings. The van der Waals surface area contributed by atoms with Crippen molar-refractivity contribution in [1.82, 2.24) is 9.88 Å². The van der Waals surface area contributed by atoms with Crippen molar-refractivity contribution in [2.75, 3.05) is 18.4 Å². The number of nitrogens with one attached hydrogen (secondary N) is 1. The van der Waals surface area contributed by atoms with E-state index >= 15 is 0 Å². The summed E-state index contributed by atoms with van der Waals surface area (Å²) in [7, 11) is 0. The summed E-state index contributed by atoms with van der Waals surface area (Å²) < 4.78 is 0. The fourth-order valence-electron chi connectivity index (χ4n) is 3.39. The summed E-state index contributed by atoms with van der Waals surface area (Å²) in [5.74, 6) is 0.556. The molecular weight excluding hydrogens is 314 g/mol. The Morgan fingerprint density at radius 1 is 1.08 bits per heavy atom. The van der Waals surface area contributed by atoms with Gasteiger partial charge in [0.2, 0.25) is 11.8 Å². The van der Waals surface area contributed by atoms with Gasteiger partial charge in [-0.1, -0.05) is 36.4 Å². The van der Waals surface area contributed by atoms with E-state index in [1.165, 1.54) is 0 Å². The van der Waals surface area contributed by atoms with Crippen molar-refractivity contribution in [1.29, 1.82) is 0 Å². The number of amides is 2. The van der Waals surface area contributed by atoms with Crippen molar-refractivity contribution < 1.29 is 9.59 Å². The molecule has 2 aromatic rings. The number of benzene rings is 1. The summed E-state index contributed by atoms with van der Waals surface area (Å²) in [6.45, 7) is 4.70. The molecule has 3 rings (SSSR count). The zero-order valence-corrected chi connectivity index (χ0v) is 14.7. The SMILES string of the molecule is CC(=O)N1CCC(C(=O)Nc2ccc(C)cn2)(c2ccccc2)CC1. The van der Waals surface area contributed by atoms with E-state index in [2.05, 4.69) is 10.3 Å². The molecule has 0 bridgehead atoms. The van der Waals surface area contributed by atoms with Gasteiger partial charge in [0, 0.05) is 26.2 Å². The van der Waals surface area contributed by atoms with Gasteiger partial charge in [-0.05, 0) is 37.0 Å². The van der Waals surface area contributed by atoms with Crippen LogP contribution in [0.4, 0.5) is 5.82 Å². The van der Waals surface area contributed by atoms with Crippen LogP contribution >= 0.6 is 0 Å². The molecule has 0 spiro atoms. The molecule has 1 N–H and O–H groups in total. The molecule has 0 unspecified atom stereocenters. The first-order chi connectivity index (χ1) is 12.0. The van der Waals surface area contributed by atoms with Crippen LogP contribution in [0.25, 0.3) is 0 Å². The number of carbonyl (C=O) groups excluding carboxylic acids is 2. The van der Waals surface area contributed by atoms with Gasteiger partial charge in [-0.2, -0.15) is 0 Å². The molecule has 2 amide bonds. The van der Waals surface area contributed by atoms with Gasteiger partial charge < -0.3 is 10.2 Å². The van der Waals surface area contributed by atoms with Crippen LogP contribution in [-0.4, -0.2) is 34.8 Å². The first kappa shape index (κ1) is 17.1. The van der Waals surface area contributed by atoms with Gasteiger partial charge in [0.15, 0.2) is 0 Å². The monoisotopic (exact) mass is 337 g/mol. The molecule has 0 saturated carbocycles. The van der Waals surface area contributed by atoms with E-state index in [0.717, 1.165) is 11.1 Å². The van der Waals surface area contributed by atoms with Gasteiger partial charge >= 0.3 is 0 Å². The van der Waals surface area contributed by atoms with Crippen molar-refractivity contribution in [2.24, 2.45) is 0 Å². The van der Waals surface area contributed by atoms with Crippen LogP contribution < -0.4 is 5.32 Å². The largest absolute Gasteiger partial charge is 0.343 e. The van der Waals surface area contributed by atoms with Crippen molar-refractivity contribution >= 4 is 17.6 Å². The number of aromatic nitrogens is 1. The number of anilines is 1. The van der Waals surface area contributed by atoms with E-state index in [-0.39, 0.29) is 11.8 Å². The van der Waals surface area contributed by atoms with E-state index in [0.29, 0.717) is 31.7 Å². The predicted octanol–water partition coefficient (Wildman–Crippen LogP) is 2.91. The fourth-order valence-corrected chi connectivity index (χ4v) is 3.39. The second-order valence-corrected chi connectivity index (χ2v) is 6.63. The highest BCUT2D eigenvalue weighted by atomic mass is 16.2. The average Bonchev–Trinajstić information content (AvgIpc) is 2.64. The zero-order valence-electron chi connectivity index (χ0n) is 14.7. The lowest BCUT2D eigenvalue weighted by molar-refractivity contribution is -0.133. The maximum atomic E-state index is 13.2. The van der Waals surface area contributed by atoms with Crippen LogP contribution in [-0.2, 0) is 15.0 Å². The van der Waals surface area contributed by atoms with Crippen LogP contribution in [0.2, 0.25) is 0 Å². The highest BCUT2D eigenvalue weighted by molar-refractivity contribution is 5.98. The molecule has 0 aliphatic carbocycles. The molecule has 0 radical (unpaired) electrons. The van der Waals surface area contributed by atoms with Crippen molar-refractivity contribution in [2.45, 2.75) is 32.1 Å². The van der Waals surface area contributed by atoms with Gasteiger partial charge in [0.1, 0.15) is 5.82 Å². The molecule has 1 aromatic heterocycles. The van der Waals surface area contributed by atoms with E-state index in [9.17, 15) is 9.59 Å². The Balaban J connectivity index is 1.88. The summed E-state index contributed by atoms with van der Waals surface area (Å²) in [6.07, 6.45) is 2.95. The molecule has 130 valence electrons. The lowest BCUT2D eigenvalue weighted by Gasteiger charge is -2.40. The summed E-state index contributed by atoms with van der Waals surface area (Å²) in [6, 6.07) is 13.6. The lowest BCUT2D eigenvalue weighted by Crippen LogP contribution is -2.50. The minimum Gasteiger partial charge on any atom is -0.343 e. The molecule has 1 saturated heterocycles. The Bertz CT molecular complexity index is 748. The number of rotatable bonds is 3. The van der Waals surface area contributed by atoms with Gasteiger partial charge in [-0.25, -0.2) is 4.98 Å². The Hall–Kier alpha value is -2.69. The summed E-state index contributed by atoms with van der Waals surface area (Å²) >= 11 is 0. The van der Waals surface area contributed by atoms with Gasteiger partial charge in [-0.3, -0.25) is 9.59 Å². The molecule has 2 heterocycles. The topological polar surface area (TPSA) is 62.3 Å². The Morgan fingerprint density at radius 2 is 1.76 bits per heavy atom. The van der Waals surface area contributed by atoms with E-state index < -0.39 is 5.41 Å². The van der Waals surface area contributed by atoms with Gasteiger partial charge in [0.05, 0.1) is 5.41 Å². The van der Waals surface area contributed by atoms with Crippen LogP contribution in [0.15, 0.2) is 48.7 Å². The Labute approximate surface area is 148 Å². The molecule has 1 aliphatic rings. The number of hydrogen-bond donors (Lipinski definition) is 1. The minimum absolute atomic E-state index is 0.0572. The van der Waals surface area contributed by atoms with E-state index in [1.807, 2.05) is 49.4 Å². The summed E-state index contributed by atoms with van der Waals surface area (Å²) in [5.41, 5.74) is 1.40. The van der Waals surface area contributed by atoms with Crippen molar-refractivity contribution in [3.63, 3.8) is 0 Å². The third-order valence-electron chi connectivity index (χ3n) is 4.98. The third-order valence-corrected chi connectivity index (χ3v) is 4.98. The number of pyridine rings is 1. The number of carbonyl (C=O) groups is 2. The predicted molar refractivity (Wildman–Crippen MR) is 97.2 cm³/mol. The van der Waals surface area contributed by atoms with Gasteiger partial charge in [0.25, 0.3) is 0 Å². The number of aryl methyl sites for hydroxylation is 1. The molecule has 1 aliphatic heterocycles. The van der Waals surface area contributed by atoms with Gasteiger partial charge in [-0.15, -0.1) is 0 Å². The molecular formula is C20H23N3O2. The van der Waals surface area contributed by atoms with E-state index in [1.54, 1.807) is 18.0 Å². The second-order valence-electron chi connectivity index (χ2n) is 6.63. The zero-order chi connectivity index (χ0) is 17.9.